The first-order valence-corrected chi connectivity index (χ1v) is 11.9. The number of esters is 1. The number of halogens is 1. The smallest absolute Gasteiger partial charge is 0.311 e. The highest BCUT2D eigenvalue weighted by Gasteiger charge is 2.52. The number of carbonyl (C=O) groups excluding carboxylic acids is 3. The molecule has 10 heteroatoms. The van der Waals surface area contributed by atoms with E-state index >= 15 is 0 Å². The molecular formula is C28H26FN3O6. The molecule has 1 fully saturated rings. The molecule has 0 aromatic heterocycles. The van der Waals surface area contributed by atoms with Crippen molar-refractivity contribution in [2.75, 3.05) is 7.11 Å². The molecule has 0 bridgehead atoms. The van der Waals surface area contributed by atoms with E-state index in [1.54, 1.807) is 6.07 Å². The number of nitrogens with zero attached hydrogens (tertiary/aromatic N) is 2. The van der Waals surface area contributed by atoms with Gasteiger partial charge in [0.15, 0.2) is 0 Å². The summed E-state index contributed by atoms with van der Waals surface area (Å²) in [6, 6.07) is 15.7. The number of amides is 2. The van der Waals surface area contributed by atoms with Crippen molar-refractivity contribution >= 4 is 23.5 Å². The van der Waals surface area contributed by atoms with Crippen molar-refractivity contribution in [3.05, 3.63) is 111 Å². The lowest BCUT2D eigenvalue weighted by Gasteiger charge is -2.31. The molecular weight excluding hydrogens is 493 g/mol. The molecule has 1 heterocycles. The van der Waals surface area contributed by atoms with Crippen molar-refractivity contribution < 1.29 is 28.4 Å². The number of nitrogens with one attached hydrogen (secondary N) is 1. The van der Waals surface area contributed by atoms with Gasteiger partial charge in [-0.3, -0.25) is 24.5 Å². The second-order valence-electron chi connectivity index (χ2n) is 9.06. The standard InChI is InChI=1S/C28H26FN3O6/c1-17-7-9-18(10-8-17)16-30-26(33)24-15-22(28(35)38-2)25(21-5-3-4-6-23(21)32(36)37)31(24)27(34)19-11-13-20(29)14-12-19/h3-14,22,24-25H,15-16H2,1-2H3,(H,30,33). The molecule has 3 unspecified atom stereocenters. The summed E-state index contributed by atoms with van der Waals surface area (Å²) in [7, 11) is 1.18. The third kappa shape index (κ3) is 5.39. The van der Waals surface area contributed by atoms with Crippen LogP contribution in [0.2, 0.25) is 0 Å². The molecule has 38 heavy (non-hydrogen) atoms. The van der Waals surface area contributed by atoms with Crippen LogP contribution in [-0.4, -0.2) is 40.8 Å². The number of methoxy groups -OCH3 is 1. The van der Waals surface area contributed by atoms with Gasteiger partial charge in [-0.2, -0.15) is 0 Å². The topological polar surface area (TPSA) is 119 Å². The van der Waals surface area contributed by atoms with E-state index in [-0.39, 0.29) is 29.8 Å². The Labute approximate surface area is 218 Å². The number of carbonyl (C=O) groups is 3. The highest BCUT2D eigenvalue weighted by atomic mass is 19.1. The number of aryl methyl sites for hydroxylation is 1. The van der Waals surface area contributed by atoms with Crippen LogP contribution in [0.5, 0.6) is 0 Å². The van der Waals surface area contributed by atoms with Crippen LogP contribution < -0.4 is 5.32 Å². The Hall–Kier alpha value is -4.60. The van der Waals surface area contributed by atoms with Crippen LogP contribution in [0.25, 0.3) is 0 Å². The quantitative estimate of drug-likeness (QED) is 0.285. The van der Waals surface area contributed by atoms with Gasteiger partial charge in [0.2, 0.25) is 5.91 Å². The number of benzene rings is 3. The van der Waals surface area contributed by atoms with E-state index in [0.717, 1.165) is 23.3 Å². The molecule has 9 nitrogen and oxygen atoms in total. The van der Waals surface area contributed by atoms with Crippen LogP contribution in [0.4, 0.5) is 10.1 Å². The Kier molecular flexibility index (Phi) is 7.80. The summed E-state index contributed by atoms with van der Waals surface area (Å²) < 4.78 is 18.6. The SMILES string of the molecule is COC(=O)C1CC(C(=O)NCc2ccc(C)cc2)N(C(=O)c2ccc(F)cc2)C1c1ccccc1[N+](=O)[O-]. The van der Waals surface area contributed by atoms with Gasteiger partial charge >= 0.3 is 5.97 Å². The fraction of sp³-hybridized carbons (Fsp3) is 0.250. The molecule has 1 saturated heterocycles. The summed E-state index contributed by atoms with van der Waals surface area (Å²) in [5.41, 5.74) is 1.75. The number of hydrogen-bond acceptors (Lipinski definition) is 6. The van der Waals surface area contributed by atoms with Crippen LogP contribution in [0.3, 0.4) is 0 Å². The van der Waals surface area contributed by atoms with Gasteiger partial charge in [-0.1, -0.05) is 48.0 Å². The van der Waals surface area contributed by atoms with Crippen LogP contribution in [0.1, 0.15) is 39.5 Å². The second kappa shape index (κ2) is 11.2. The summed E-state index contributed by atoms with van der Waals surface area (Å²) in [6.07, 6.45) is -0.115. The van der Waals surface area contributed by atoms with Crippen molar-refractivity contribution in [1.29, 1.82) is 0 Å². The summed E-state index contributed by atoms with van der Waals surface area (Å²) in [5, 5.41) is 14.7. The maximum absolute atomic E-state index is 13.8. The van der Waals surface area contributed by atoms with Crippen molar-refractivity contribution in [2.45, 2.75) is 32.0 Å². The Morgan fingerprint density at radius 1 is 1.05 bits per heavy atom. The van der Waals surface area contributed by atoms with Crippen LogP contribution in [-0.2, 0) is 20.9 Å². The number of hydrogen-bond donors (Lipinski definition) is 1. The minimum Gasteiger partial charge on any atom is -0.469 e. The highest BCUT2D eigenvalue weighted by molar-refractivity contribution is 5.99. The second-order valence-corrected chi connectivity index (χ2v) is 9.06. The third-order valence-electron chi connectivity index (χ3n) is 6.67. The maximum Gasteiger partial charge on any atom is 0.311 e. The summed E-state index contributed by atoms with van der Waals surface area (Å²) >= 11 is 0. The average Bonchev–Trinajstić information content (AvgIpc) is 3.32. The van der Waals surface area contributed by atoms with Crippen LogP contribution in [0, 0.1) is 28.8 Å². The molecule has 2 amide bonds. The summed E-state index contributed by atoms with van der Waals surface area (Å²) in [6.45, 7) is 2.11. The molecule has 1 N–H and O–H groups in total. The number of para-hydroxylation sites is 1. The number of likely N-dealkylation sites (tertiary alicyclic amines) is 1. The molecule has 3 atom stereocenters. The molecule has 0 aliphatic carbocycles. The Balaban J connectivity index is 1.78. The highest BCUT2D eigenvalue weighted by Crippen LogP contribution is 2.45. The summed E-state index contributed by atoms with van der Waals surface area (Å²) in [4.78, 5) is 52.6. The number of rotatable bonds is 7. The molecule has 1 aliphatic heterocycles. The van der Waals surface area contributed by atoms with E-state index in [1.165, 1.54) is 42.3 Å². The normalized spacial score (nSPS) is 18.6. The molecule has 1 aliphatic rings. The lowest BCUT2D eigenvalue weighted by molar-refractivity contribution is -0.386. The summed E-state index contributed by atoms with van der Waals surface area (Å²) in [5.74, 6) is -3.52. The largest absolute Gasteiger partial charge is 0.469 e. The van der Waals surface area contributed by atoms with Gasteiger partial charge in [-0.05, 0) is 43.2 Å². The number of ether oxygens (including phenoxy) is 1. The fourth-order valence-corrected chi connectivity index (χ4v) is 4.77. The molecule has 0 saturated carbocycles. The monoisotopic (exact) mass is 519 g/mol. The lowest BCUT2D eigenvalue weighted by Crippen LogP contribution is -2.46. The van der Waals surface area contributed by atoms with Crippen LogP contribution in [0.15, 0.2) is 72.8 Å². The number of nitro benzene ring substituents is 1. The van der Waals surface area contributed by atoms with Gasteiger partial charge in [-0.15, -0.1) is 0 Å². The Morgan fingerprint density at radius 3 is 2.34 bits per heavy atom. The van der Waals surface area contributed by atoms with Crippen molar-refractivity contribution in [3.63, 3.8) is 0 Å². The van der Waals surface area contributed by atoms with Gasteiger partial charge < -0.3 is 15.0 Å². The van der Waals surface area contributed by atoms with Gasteiger partial charge in [0.25, 0.3) is 11.6 Å². The van der Waals surface area contributed by atoms with Crippen molar-refractivity contribution in [2.24, 2.45) is 5.92 Å². The van der Waals surface area contributed by atoms with E-state index in [0.29, 0.717) is 0 Å². The zero-order valence-corrected chi connectivity index (χ0v) is 20.8. The van der Waals surface area contributed by atoms with Gasteiger partial charge in [0, 0.05) is 18.2 Å². The predicted molar refractivity (Wildman–Crippen MR) is 135 cm³/mol. The Bertz CT molecular complexity index is 1360. The molecule has 0 radical (unpaired) electrons. The minimum absolute atomic E-state index is 0.0665. The predicted octanol–water partition coefficient (Wildman–Crippen LogP) is 4.10. The van der Waals surface area contributed by atoms with E-state index in [2.05, 4.69) is 5.32 Å². The van der Waals surface area contributed by atoms with Gasteiger partial charge in [0.05, 0.1) is 29.6 Å². The fourth-order valence-electron chi connectivity index (χ4n) is 4.77. The first-order valence-electron chi connectivity index (χ1n) is 11.9. The van der Waals surface area contributed by atoms with E-state index in [4.69, 9.17) is 4.74 Å². The Morgan fingerprint density at radius 2 is 1.71 bits per heavy atom. The lowest BCUT2D eigenvalue weighted by atomic mass is 9.91. The maximum atomic E-state index is 13.8. The van der Waals surface area contributed by atoms with E-state index in [1.807, 2.05) is 31.2 Å². The van der Waals surface area contributed by atoms with Gasteiger partial charge in [-0.25, -0.2) is 4.39 Å². The minimum atomic E-state index is -1.17. The van der Waals surface area contributed by atoms with Crippen molar-refractivity contribution in [1.82, 2.24) is 10.2 Å². The first kappa shape index (κ1) is 26.5. The van der Waals surface area contributed by atoms with E-state index < -0.39 is 46.5 Å². The molecule has 3 aromatic rings. The zero-order chi connectivity index (χ0) is 27.4. The van der Waals surface area contributed by atoms with Gasteiger partial charge in [0.1, 0.15) is 11.9 Å². The molecule has 0 spiro atoms. The van der Waals surface area contributed by atoms with E-state index in [9.17, 15) is 28.9 Å². The average molecular weight is 520 g/mol. The van der Waals surface area contributed by atoms with Crippen LogP contribution >= 0.6 is 0 Å². The number of nitro groups is 1. The molecule has 4 rings (SSSR count). The third-order valence-corrected chi connectivity index (χ3v) is 6.67. The zero-order valence-electron chi connectivity index (χ0n) is 20.8. The van der Waals surface area contributed by atoms with Crippen molar-refractivity contribution in [3.8, 4) is 0 Å². The first-order chi connectivity index (χ1) is 18.2. The molecule has 3 aromatic carbocycles. The molecule has 196 valence electrons.